The van der Waals surface area contributed by atoms with Crippen molar-refractivity contribution in [3.63, 3.8) is 0 Å². The minimum absolute atomic E-state index is 0.129. The quantitative estimate of drug-likeness (QED) is 0.623. The summed E-state index contributed by atoms with van der Waals surface area (Å²) in [5.41, 5.74) is 2.70. The number of anilines is 2. The summed E-state index contributed by atoms with van der Waals surface area (Å²) in [7, 11) is -0.323. The highest BCUT2D eigenvalue weighted by Gasteiger charge is 2.44. The van der Waals surface area contributed by atoms with Gasteiger partial charge in [0.2, 0.25) is 10.0 Å². The SMILES string of the molecule is CN(c1nc(-c2ccc(N(C)S(C)(=O)=O)cc2)cc2nccnc12)C1CNCCC1(F)F. The maximum absolute atomic E-state index is 14.6. The van der Waals surface area contributed by atoms with Crippen molar-refractivity contribution in [3.05, 3.63) is 42.7 Å². The van der Waals surface area contributed by atoms with E-state index in [1.807, 2.05) is 0 Å². The Morgan fingerprint density at radius 1 is 1.12 bits per heavy atom. The fourth-order valence-corrected chi connectivity index (χ4v) is 4.27. The number of likely N-dealkylation sites (N-methyl/N-ethyl adjacent to an activating group) is 1. The molecule has 1 aromatic carbocycles. The second kappa shape index (κ2) is 8.21. The number of alkyl halides is 2. The van der Waals surface area contributed by atoms with Gasteiger partial charge in [-0.1, -0.05) is 12.1 Å². The molecule has 1 atom stereocenters. The molecule has 32 heavy (non-hydrogen) atoms. The molecule has 1 unspecified atom stereocenters. The Hall–Kier alpha value is -2.92. The van der Waals surface area contributed by atoms with Crippen molar-refractivity contribution in [1.82, 2.24) is 20.3 Å². The number of halogens is 2. The van der Waals surface area contributed by atoms with Crippen LogP contribution in [0.25, 0.3) is 22.3 Å². The first-order chi connectivity index (χ1) is 15.1. The molecule has 11 heteroatoms. The summed E-state index contributed by atoms with van der Waals surface area (Å²) in [6, 6.07) is 7.48. The molecule has 0 spiro atoms. The van der Waals surface area contributed by atoms with Crippen molar-refractivity contribution < 1.29 is 17.2 Å². The van der Waals surface area contributed by atoms with Crippen LogP contribution in [0.15, 0.2) is 42.7 Å². The van der Waals surface area contributed by atoms with Gasteiger partial charge in [-0.2, -0.15) is 0 Å². The van der Waals surface area contributed by atoms with Crippen LogP contribution in [0.5, 0.6) is 0 Å². The van der Waals surface area contributed by atoms with Crippen molar-refractivity contribution in [2.45, 2.75) is 18.4 Å². The van der Waals surface area contributed by atoms with Crippen LogP contribution in [0, 0.1) is 0 Å². The van der Waals surface area contributed by atoms with Crippen LogP contribution in [-0.4, -0.2) is 68.8 Å². The molecule has 1 saturated heterocycles. The van der Waals surface area contributed by atoms with Gasteiger partial charge in [0.15, 0.2) is 5.82 Å². The number of pyridine rings is 1. The zero-order chi connectivity index (χ0) is 23.1. The van der Waals surface area contributed by atoms with Crippen molar-refractivity contribution in [2.24, 2.45) is 0 Å². The first kappa shape index (κ1) is 22.3. The average molecular weight is 463 g/mol. The van der Waals surface area contributed by atoms with Crippen molar-refractivity contribution in [3.8, 4) is 11.3 Å². The van der Waals surface area contributed by atoms with Crippen LogP contribution in [0.3, 0.4) is 0 Å². The van der Waals surface area contributed by atoms with E-state index in [1.165, 1.54) is 28.6 Å². The molecule has 1 aliphatic rings. The molecule has 170 valence electrons. The largest absolute Gasteiger partial charge is 0.347 e. The van der Waals surface area contributed by atoms with Crippen LogP contribution in [0.4, 0.5) is 20.3 Å². The van der Waals surface area contributed by atoms with Crippen LogP contribution in [0.1, 0.15) is 6.42 Å². The van der Waals surface area contributed by atoms with E-state index in [0.29, 0.717) is 33.8 Å². The van der Waals surface area contributed by atoms with Crippen LogP contribution < -0.4 is 14.5 Å². The number of aromatic nitrogens is 3. The molecule has 3 aromatic rings. The molecule has 8 nitrogen and oxygen atoms in total. The molecular formula is C21H24F2N6O2S. The van der Waals surface area contributed by atoms with Gasteiger partial charge in [-0.3, -0.25) is 9.29 Å². The lowest BCUT2D eigenvalue weighted by atomic mass is 10.0. The summed E-state index contributed by atoms with van der Waals surface area (Å²) in [4.78, 5) is 14.8. The molecule has 0 amide bonds. The minimum Gasteiger partial charge on any atom is -0.347 e. The number of hydrogen-bond donors (Lipinski definition) is 1. The van der Waals surface area contributed by atoms with E-state index in [1.54, 1.807) is 37.4 Å². The second-order valence-electron chi connectivity index (χ2n) is 7.87. The van der Waals surface area contributed by atoms with E-state index < -0.39 is 22.0 Å². The first-order valence-electron chi connectivity index (χ1n) is 10.1. The predicted molar refractivity (Wildman–Crippen MR) is 121 cm³/mol. The molecule has 0 aliphatic carbocycles. The van der Waals surface area contributed by atoms with E-state index in [4.69, 9.17) is 0 Å². The van der Waals surface area contributed by atoms with Crippen molar-refractivity contribution in [2.75, 3.05) is 42.6 Å². The van der Waals surface area contributed by atoms with E-state index in [9.17, 15) is 17.2 Å². The molecule has 1 aliphatic heterocycles. The zero-order valence-electron chi connectivity index (χ0n) is 18.0. The first-order valence-corrected chi connectivity index (χ1v) is 11.9. The summed E-state index contributed by atoms with van der Waals surface area (Å²) in [6.07, 6.45) is 3.92. The minimum atomic E-state index is -3.39. The fourth-order valence-electron chi connectivity index (χ4n) is 3.76. The van der Waals surface area contributed by atoms with Gasteiger partial charge in [-0.05, 0) is 18.2 Å². The molecule has 4 rings (SSSR count). The van der Waals surface area contributed by atoms with Crippen LogP contribution >= 0.6 is 0 Å². The van der Waals surface area contributed by atoms with Crippen LogP contribution in [0.2, 0.25) is 0 Å². The molecule has 3 heterocycles. The molecular weight excluding hydrogens is 438 g/mol. The molecule has 2 aromatic heterocycles. The molecule has 0 saturated carbocycles. The monoisotopic (exact) mass is 462 g/mol. The van der Waals surface area contributed by atoms with Gasteiger partial charge in [0, 0.05) is 51.6 Å². The van der Waals surface area contributed by atoms with Gasteiger partial charge in [0.25, 0.3) is 5.92 Å². The second-order valence-corrected chi connectivity index (χ2v) is 9.89. The van der Waals surface area contributed by atoms with Gasteiger partial charge in [0.05, 0.1) is 23.2 Å². The number of benzene rings is 1. The van der Waals surface area contributed by atoms with Crippen LogP contribution in [-0.2, 0) is 10.0 Å². The third-order valence-corrected chi connectivity index (χ3v) is 6.93. The Balaban J connectivity index is 1.77. The number of piperidine rings is 1. The van der Waals surface area contributed by atoms with Gasteiger partial charge in [-0.25, -0.2) is 27.2 Å². The summed E-state index contributed by atoms with van der Waals surface area (Å²) in [5, 5.41) is 3.03. The van der Waals surface area contributed by atoms with Crippen molar-refractivity contribution >= 4 is 32.6 Å². The lowest BCUT2D eigenvalue weighted by Crippen LogP contribution is -2.57. The molecule has 1 fully saturated rings. The third kappa shape index (κ3) is 4.22. The third-order valence-electron chi connectivity index (χ3n) is 5.72. The maximum Gasteiger partial charge on any atom is 0.270 e. The predicted octanol–water partition coefficient (Wildman–Crippen LogP) is 2.52. The van der Waals surface area contributed by atoms with Gasteiger partial charge in [-0.15, -0.1) is 0 Å². The number of sulfonamides is 1. The summed E-state index contributed by atoms with van der Waals surface area (Å²) >= 11 is 0. The van der Waals surface area contributed by atoms with E-state index in [2.05, 4.69) is 20.3 Å². The highest BCUT2D eigenvalue weighted by atomic mass is 32.2. The molecule has 0 radical (unpaired) electrons. The Morgan fingerprint density at radius 3 is 2.47 bits per heavy atom. The number of hydrogen-bond acceptors (Lipinski definition) is 7. The average Bonchev–Trinajstić information content (AvgIpc) is 2.76. The highest BCUT2D eigenvalue weighted by molar-refractivity contribution is 7.92. The lowest BCUT2D eigenvalue weighted by Gasteiger charge is -2.38. The number of rotatable bonds is 5. The fraction of sp³-hybridized carbons (Fsp3) is 0.381. The number of fused-ring (bicyclic) bond motifs is 1. The molecule has 1 N–H and O–H groups in total. The van der Waals surface area contributed by atoms with Gasteiger partial charge < -0.3 is 10.2 Å². The summed E-state index contributed by atoms with van der Waals surface area (Å²) in [6.45, 7) is 0.392. The van der Waals surface area contributed by atoms with Gasteiger partial charge in [0.1, 0.15) is 11.6 Å². The lowest BCUT2D eigenvalue weighted by molar-refractivity contribution is -0.0460. The maximum atomic E-state index is 14.6. The Kier molecular flexibility index (Phi) is 5.72. The van der Waals surface area contributed by atoms with Crippen molar-refractivity contribution in [1.29, 1.82) is 0 Å². The highest BCUT2D eigenvalue weighted by Crippen LogP contribution is 2.34. The van der Waals surface area contributed by atoms with E-state index >= 15 is 0 Å². The zero-order valence-corrected chi connectivity index (χ0v) is 18.8. The van der Waals surface area contributed by atoms with Gasteiger partial charge >= 0.3 is 0 Å². The smallest absolute Gasteiger partial charge is 0.270 e. The number of nitrogens with one attached hydrogen (secondary N) is 1. The molecule has 0 bridgehead atoms. The number of nitrogens with zero attached hydrogens (tertiary/aromatic N) is 5. The standard InChI is InChI=1S/C21H24F2N6O2S/c1-28(18-13-24-9-8-21(18,22)23)20-19-17(25-10-11-26-19)12-16(27-20)14-4-6-15(7-5-14)29(2)32(3,30)31/h4-7,10-12,18,24H,8-9,13H2,1-3H3. The van der Waals surface area contributed by atoms with E-state index in [0.717, 1.165) is 6.26 Å². The Morgan fingerprint density at radius 2 is 1.81 bits per heavy atom. The summed E-state index contributed by atoms with van der Waals surface area (Å²) in [5.74, 6) is -2.55. The summed E-state index contributed by atoms with van der Waals surface area (Å²) < 4.78 is 54.0. The normalized spacial score (nSPS) is 18.5. The topological polar surface area (TPSA) is 91.3 Å². The van der Waals surface area contributed by atoms with E-state index in [-0.39, 0.29) is 19.5 Å². The Bertz CT molecular complexity index is 1240. The Labute approximate surface area is 185 Å².